The van der Waals surface area contributed by atoms with Crippen LogP contribution in [0.5, 0.6) is 0 Å². The zero-order valence-corrected chi connectivity index (χ0v) is 46.5. The number of carbonyl (C=O) groups is 3. The van der Waals surface area contributed by atoms with Crippen LogP contribution < -0.4 is 0 Å². The summed E-state index contributed by atoms with van der Waals surface area (Å²) in [7, 11) is 4.32. The highest BCUT2D eigenvalue weighted by Gasteiger charge is 2.51. The predicted octanol–water partition coefficient (Wildman–Crippen LogP) is 5.44. The summed E-state index contributed by atoms with van der Waals surface area (Å²) in [5.74, 6) is -6.83. The number of rotatable bonds is 17. The molecule has 4 aliphatic rings. The van der Waals surface area contributed by atoms with Gasteiger partial charge in [0.25, 0.3) is 0 Å². The number of oxime groups is 1. The Hall–Kier alpha value is -2.40. The first-order valence-electron chi connectivity index (χ1n) is 26.6. The van der Waals surface area contributed by atoms with Crippen LogP contribution in [0.3, 0.4) is 0 Å². The van der Waals surface area contributed by atoms with Gasteiger partial charge in [-0.05, 0) is 72.8 Å². The van der Waals surface area contributed by atoms with Gasteiger partial charge in [-0.15, -0.1) is 0 Å². The van der Waals surface area contributed by atoms with Crippen molar-refractivity contribution < 1.29 is 81.9 Å². The van der Waals surface area contributed by atoms with Gasteiger partial charge in [0.2, 0.25) is 0 Å². The number of carbonyl (C=O) groups excluding carboxylic acids is 3. The molecule has 0 saturated carbocycles. The maximum absolute atomic E-state index is 15.3. The van der Waals surface area contributed by atoms with Crippen molar-refractivity contribution in [3.8, 4) is 0 Å². The van der Waals surface area contributed by atoms with E-state index in [4.69, 9.17) is 52.2 Å². The van der Waals surface area contributed by atoms with E-state index in [-0.39, 0.29) is 43.9 Å². The number of aliphatic hydroxyl groups excluding tert-OH is 2. The molecule has 0 spiro atoms. The van der Waals surface area contributed by atoms with Gasteiger partial charge >= 0.3 is 11.9 Å². The Labute approximate surface area is 429 Å². The van der Waals surface area contributed by atoms with E-state index in [1.54, 1.807) is 27.7 Å². The first-order valence-corrected chi connectivity index (χ1v) is 26.6. The van der Waals surface area contributed by atoms with E-state index in [1.807, 2.05) is 48.5 Å². The summed E-state index contributed by atoms with van der Waals surface area (Å²) in [5.41, 5.74) is -1.69. The Morgan fingerprint density at radius 2 is 1.50 bits per heavy atom. The van der Waals surface area contributed by atoms with Crippen LogP contribution in [0.25, 0.3) is 0 Å². The molecule has 72 heavy (non-hydrogen) atoms. The summed E-state index contributed by atoms with van der Waals surface area (Å²) in [6, 6.07) is 0.0695. The van der Waals surface area contributed by atoms with Gasteiger partial charge in [0.1, 0.15) is 49.3 Å². The molecule has 4 fully saturated rings. The molecule has 0 amide bonds. The van der Waals surface area contributed by atoms with Gasteiger partial charge in [0.15, 0.2) is 24.7 Å². The Balaban J connectivity index is 1.88. The first-order chi connectivity index (χ1) is 33.8. The highest BCUT2D eigenvalue weighted by molar-refractivity contribution is 5.90. The monoisotopic (exact) mass is 1030 g/mol. The zero-order chi connectivity index (χ0) is 53.9. The highest BCUT2D eigenvalue weighted by atomic mass is 16.7. The van der Waals surface area contributed by atoms with Crippen LogP contribution in [-0.2, 0) is 66.6 Å². The molecule has 19 heteroatoms. The molecule has 0 bridgehead atoms. The van der Waals surface area contributed by atoms with Gasteiger partial charge in [-0.2, -0.15) is 0 Å². The van der Waals surface area contributed by atoms with E-state index in [0.717, 1.165) is 19.4 Å². The van der Waals surface area contributed by atoms with Crippen molar-refractivity contribution in [3.63, 3.8) is 0 Å². The SMILES string of the molecule is CCCCN1C[C@H](C)O[C@@H](O[C@H]2[C@H](C)[C@@H](O[C@@H]3O[C@H](C)CC(=NOC)[C@H]3O)[C@@H](C)C[C@](C)(O)C(=O)[C@H](C)[C@H](OC(=O)CC(C)C)[C@@H](C)[C@@H]([C@@H](C)CO[C@@H]3O[C@H](C)[C@@H](O)[C@@H](OC)[C@H]3OC)OC(=O)[C@@H]2C)CC1C. The van der Waals surface area contributed by atoms with Crippen molar-refractivity contribution in [2.24, 2.45) is 46.6 Å². The van der Waals surface area contributed by atoms with Crippen molar-refractivity contribution in [2.75, 3.05) is 41.0 Å². The number of nitrogens with zero attached hydrogens (tertiary/aromatic N) is 2. The van der Waals surface area contributed by atoms with E-state index in [9.17, 15) is 24.9 Å². The van der Waals surface area contributed by atoms with E-state index in [0.29, 0.717) is 18.7 Å². The van der Waals surface area contributed by atoms with Crippen molar-refractivity contribution >= 4 is 23.4 Å². The molecule has 0 aromatic rings. The Kier molecular flexibility index (Phi) is 24.3. The second kappa shape index (κ2) is 28.1. The average molecular weight is 1030 g/mol. The van der Waals surface area contributed by atoms with Crippen LogP contribution in [0.4, 0.5) is 0 Å². The molecule has 0 aromatic carbocycles. The number of hydrogen-bond donors (Lipinski definition) is 3. The van der Waals surface area contributed by atoms with Crippen molar-refractivity contribution in [1.82, 2.24) is 4.90 Å². The van der Waals surface area contributed by atoms with Gasteiger partial charge in [0, 0.05) is 63.8 Å². The predicted molar refractivity (Wildman–Crippen MR) is 266 cm³/mol. The number of unbranched alkanes of at least 4 members (excludes halogenated alkanes) is 1. The molecule has 3 N–H and O–H groups in total. The topological polar surface area (TPSA) is 229 Å². The van der Waals surface area contributed by atoms with Gasteiger partial charge in [-0.3, -0.25) is 19.3 Å². The zero-order valence-electron chi connectivity index (χ0n) is 46.5. The lowest BCUT2D eigenvalue weighted by molar-refractivity contribution is -0.305. The molecule has 22 atom stereocenters. The van der Waals surface area contributed by atoms with E-state index in [1.165, 1.54) is 28.3 Å². The molecule has 0 aliphatic carbocycles. The minimum absolute atomic E-state index is 0.0527. The van der Waals surface area contributed by atoms with Crippen LogP contribution in [-0.4, -0.2) is 182 Å². The fourth-order valence-corrected chi connectivity index (χ4v) is 11.3. The summed E-state index contributed by atoms with van der Waals surface area (Å²) in [6.45, 7) is 27.2. The number of ketones is 1. The van der Waals surface area contributed by atoms with Crippen LogP contribution in [0, 0.1) is 41.4 Å². The fourth-order valence-electron chi connectivity index (χ4n) is 11.3. The largest absolute Gasteiger partial charge is 0.461 e. The van der Waals surface area contributed by atoms with Crippen molar-refractivity contribution in [1.29, 1.82) is 0 Å². The standard InChI is InChI=1S/C53H94N2O17/c1-18-19-20-55-25-32(8)66-40(22-30(55)6)70-46-33(9)43(72-51-42(58)38(54-64-17)23-31(7)67-51)28(4)24-53(14,61)49(59)35(11)45(69-39(56)21-27(2)3)34(10)44(71-50(60)36(46)12)29(5)26-65-52-48(63-16)47(62-15)41(57)37(13)68-52/h27-37,40-48,51-52,57-58,61H,18-26H2,1-17H3/t28-,29-,30?,31+,32-,33+,34-,35+,36+,37+,40-,41+,42+,43-,44+,45+,46-,47+,48+,51-,52+,53-/m0/s1. The van der Waals surface area contributed by atoms with E-state index in [2.05, 4.69) is 23.9 Å². The number of methoxy groups -OCH3 is 2. The number of aliphatic hydroxyl groups is 3. The lowest BCUT2D eigenvalue weighted by atomic mass is 9.74. The lowest BCUT2D eigenvalue weighted by Gasteiger charge is -2.44. The third-order valence-electron chi connectivity index (χ3n) is 15.2. The quantitative estimate of drug-likeness (QED) is 0.122. The Morgan fingerprint density at radius 1 is 0.833 bits per heavy atom. The summed E-state index contributed by atoms with van der Waals surface area (Å²) in [5, 5.41) is 39.0. The molecule has 4 aliphatic heterocycles. The number of hydrogen-bond acceptors (Lipinski definition) is 19. The van der Waals surface area contributed by atoms with Gasteiger partial charge < -0.3 is 67.5 Å². The number of ether oxygens (including phenoxy) is 10. The minimum Gasteiger partial charge on any atom is -0.461 e. The van der Waals surface area contributed by atoms with Crippen molar-refractivity contribution in [2.45, 2.75) is 233 Å². The molecular formula is C53H94N2O17. The van der Waals surface area contributed by atoms with Gasteiger partial charge in [0.05, 0.1) is 54.7 Å². The molecule has 4 heterocycles. The summed E-state index contributed by atoms with van der Waals surface area (Å²) in [4.78, 5) is 51.4. The van der Waals surface area contributed by atoms with Crippen LogP contribution >= 0.6 is 0 Å². The van der Waals surface area contributed by atoms with Crippen LogP contribution in [0.1, 0.15) is 135 Å². The normalized spacial score (nSPS) is 42.4. The lowest BCUT2D eigenvalue weighted by Crippen LogP contribution is -2.59. The van der Waals surface area contributed by atoms with E-state index >= 15 is 4.79 Å². The Morgan fingerprint density at radius 3 is 2.11 bits per heavy atom. The Bertz CT molecular complexity index is 1720. The molecule has 4 saturated heterocycles. The fraction of sp³-hybridized carbons (Fsp3) is 0.925. The highest BCUT2D eigenvalue weighted by Crippen LogP contribution is 2.39. The van der Waals surface area contributed by atoms with Crippen LogP contribution in [0.15, 0.2) is 5.16 Å². The minimum atomic E-state index is -2.01. The maximum Gasteiger partial charge on any atom is 0.311 e. The summed E-state index contributed by atoms with van der Waals surface area (Å²) < 4.78 is 63.5. The molecule has 418 valence electrons. The average Bonchev–Trinajstić information content (AvgIpc) is 3.45. The smallest absolute Gasteiger partial charge is 0.311 e. The summed E-state index contributed by atoms with van der Waals surface area (Å²) in [6.07, 6.45) is -9.70. The maximum atomic E-state index is 15.3. The molecular weight excluding hydrogens is 937 g/mol. The summed E-state index contributed by atoms with van der Waals surface area (Å²) >= 11 is 0. The second-order valence-electron chi connectivity index (χ2n) is 22.2. The molecule has 0 aromatic heterocycles. The molecule has 4 rings (SSSR count). The molecule has 19 nitrogen and oxygen atoms in total. The second-order valence-corrected chi connectivity index (χ2v) is 22.2. The van der Waals surface area contributed by atoms with Crippen LogP contribution in [0.2, 0.25) is 0 Å². The van der Waals surface area contributed by atoms with Crippen molar-refractivity contribution in [3.05, 3.63) is 0 Å². The molecule has 1 unspecified atom stereocenters. The number of cyclic esters (lactones) is 1. The molecule has 0 radical (unpaired) electrons. The third kappa shape index (κ3) is 16.1. The van der Waals surface area contributed by atoms with Gasteiger partial charge in [-0.25, -0.2) is 0 Å². The van der Waals surface area contributed by atoms with Gasteiger partial charge in [-0.1, -0.05) is 67.0 Å². The first kappa shape index (κ1) is 62.1. The number of esters is 2. The van der Waals surface area contributed by atoms with E-state index < -0.39 is 139 Å². The third-order valence-corrected chi connectivity index (χ3v) is 15.2. The number of Topliss-reactive ketones (excluding diaryl/α,β-unsaturated/α-hetero) is 1.